The van der Waals surface area contributed by atoms with E-state index in [4.69, 9.17) is 28.0 Å². The molecule has 0 aliphatic heterocycles. The molecule has 0 aromatic heterocycles. The highest BCUT2D eigenvalue weighted by Crippen LogP contribution is 2.22. The van der Waals surface area contributed by atoms with Crippen molar-refractivity contribution in [3.8, 4) is 0 Å². The van der Waals surface area contributed by atoms with E-state index in [1.165, 1.54) is 6.21 Å². The summed E-state index contributed by atoms with van der Waals surface area (Å²) in [7, 11) is 0. The fourth-order valence-corrected chi connectivity index (χ4v) is 2.25. The van der Waals surface area contributed by atoms with Crippen LogP contribution in [0.5, 0.6) is 0 Å². The van der Waals surface area contributed by atoms with Gasteiger partial charge in [0, 0.05) is 16.5 Å². The van der Waals surface area contributed by atoms with Gasteiger partial charge in [-0.05, 0) is 29.8 Å². The van der Waals surface area contributed by atoms with Crippen LogP contribution in [0.4, 0.5) is 0 Å². The number of hydrogen-bond acceptors (Lipinski definition) is 3. The number of hydrogen-bond donors (Lipinski definition) is 0. The molecule has 0 aliphatic rings. The Labute approximate surface area is 147 Å². The van der Waals surface area contributed by atoms with E-state index >= 15 is 0 Å². The minimum Gasteiger partial charge on any atom is -0.391 e. The highest BCUT2D eigenvalue weighted by molar-refractivity contribution is 9.10. The molecule has 114 valence electrons. The summed E-state index contributed by atoms with van der Waals surface area (Å²) in [5.41, 5.74) is 1.49. The zero-order valence-electron chi connectivity index (χ0n) is 11.4. The van der Waals surface area contributed by atoms with Crippen molar-refractivity contribution in [1.29, 1.82) is 0 Å². The minimum absolute atomic E-state index is 0.0191. The molecule has 2 rings (SSSR count). The van der Waals surface area contributed by atoms with E-state index in [0.29, 0.717) is 15.6 Å². The predicted octanol–water partition coefficient (Wildman–Crippen LogP) is 5.53. The van der Waals surface area contributed by atoms with Crippen molar-refractivity contribution in [1.82, 2.24) is 0 Å². The first-order valence-corrected chi connectivity index (χ1v) is 7.97. The zero-order chi connectivity index (χ0) is 15.9. The molecule has 0 spiro atoms. The number of ketones is 1. The average molecular weight is 401 g/mol. The SMILES string of the molecule is O=C(CC=NOCc1ccc(Cl)c(Cl)c1)c1ccc(Br)cc1. The molecule has 0 saturated heterocycles. The molecule has 0 atom stereocenters. The summed E-state index contributed by atoms with van der Waals surface area (Å²) >= 11 is 15.0. The maximum absolute atomic E-state index is 11.9. The third kappa shape index (κ3) is 5.13. The van der Waals surface area contributed by atoms with Gasteiger partial charge in [0.2, 0.25) is 0 Å². The fourth-order valence-electron chi connectivity index (χ4n) is 1.67. The summed E-state index contributed by atoms with van der Waals surface area (Å²) < 4.78 is 0.933. The van der Waals surface area contributed by atoms with Crippen molar-refractivity contribution < 1.29 is 9.63 Å². The molecular formula is C16H12BrCl2NO2. The number of carbonyl (C=O) groups is 1. The van der Waals surface area contributed by atoms with Gasteiger partial charge in [0.25, 0.3) is 0 Å². The molecule has 0 aliphatic carbocycles. The van der Waals surface area contributed by atoms with Crippen LogP contribution in [0, 0.1) is 0 Å². The van der Waals surface area contributed by atoms with Gasteiger partial charge < -0.3 is 4.84 Å². The van der Waals surface area contributed by atoms with E-state index in [-0.39, 0.29) is 18.8 Å². The molecule has 0 unspecified atom stereocenters. The van der Waals surface area contributed by atoms with Gasteiger partial charge in [-0.1, -0.05) is 62.5 Å². The van der Waals surface area contributed by atoms with Gasteiger partial charge in [-0.2, -0.15) is 0 Å². The second-order valence-electron chi connectivity index (χ2n) is 4.44. The molecule has 0 bridgehead atoms. The maximum atomic E-state index is 11.9. The number of benzene rings is 2. The molecule has 22 heavy (non-hydrogen) atoms. The Morgan fingerprint density at radius 2 is 1.86 bits per heavy atom. The normalized spacial score (nSPS) is 10.9. The Bertz CT molecular complexity index is 687. The molecule has 0 amide bonds. The van der Waals surface area contributed by atoms with Gasteiger partial charge in [0.1, 0.15) is 6.61 Å². The predicted molar refractivity (Wildman–Crippen MR) is 92.8 cm³/mol. The summed E-state index contributed by atoms with van der Waals surface area (Å²) in [4.78, 5) is 17.0. The molecule has 2 aromatic carbocycles. The smallest absolute Gasteiger partial charge is 0.168 e. The van der Waals surface area contributed by atoms with Crippen LogP contribution in [0.25, 0.3) is 0 Å². The molecule has 0 radical (unpaired) electrons. The minimum atomic E-state index is -0.0191. The lowest BCUT2D eigenvalue weighted by atomic mass is 10.1. The van der Waals surface area contributed by atoms with Crippen LogP contribution in [0.1, 0.15) is 22.3 Å². The van der Waals surface area contributed by atoms with E-state index in [1.54, 1.807) is 30.3 Å². The van der Waals surface area contributed by atoms with Crippen LogP contribution in [-0.4, -0.2) is 12.0 Å². The van der Waals surface area contributed by atoms with E-state index in [0.717, 1.165) is 10.0 Å². The number of oxime groups is 1. The van der Waals surface area contributed by atoms with Crippen molar-refractivity contribution in [3.05, 3.63) is 68.1 Å². The lowest BCUT2D eigenvalue weighted by molar-refractivity contribution is 0.0996. The number of carbonyl (C=O) groups excluding carboxylic acids is 1. The number of rotatable bonds is 6. The van der Waals surface area contributed by atoms with Crippen molar-refractivity contribution >= 4 is 51.1 Å². The Balaban J connectivity index is 1.79. The molecule has 0 N–H and O–H groups in total. The molecule has 0 fully saturated rings. The lowest BCUT2D eigenvalue weighted by Crippen LogP contribution is -1.99. The van der Waals surface area contributed by atoms with Gasteiger partial charge in [-0.15, -0.1) is 0 Å². The summed E-state index contributed by atoms with van der Waals surface area (Å²) in [5, 5.41) is 4.73. The summed E-state index contributed by atoms with van der Waals surface area (Å²) in [6.45, 7) is 0.264. The Morgan fingerprint density at radius 1 is 1.14 bits per heavy atom. The third-order valence-corrected chi connectivity index (χ3v) is 4.07. The maximum Gasteiger partial charge on any atom is 0.168 e. The topological polar surface area (TPSA) is 38.7 Å². The van der Waals surface area contributed by atoms with Crippen LogP contribution in [0.2, 0.25) is 10.0 Å². The first-order valence-electron chi connectivity index (χ1n) is 6.43. The second-order valence-corrected chi connectivity index (χ2v) is 6.17. The van der Waals surface area contributed by atoms with Gasteiger partial charge in [-0.25, -0.2) is 0 Å². The van der Waals surface area contributed by atoms with Crippen molar-refractivity contribution in [2.75, 3.05) is 0 Å². The van der Waals surface area contributed by atoms with E-state index in [1.807, 2.05) is 12.1 Å². The third-order valence-electron chi connectivity index (χ3n) is 2.81. The number of halogens is 3. The van der Waals surface area contributed by atoms with Crippen LogP contribution in [0.3, 0.4) is 0 Å². The molecule has 0 heterocycles. The Hall–Kier alpha value is -1.36. The summed E-state index contributed by atoms with van der Waals surface area (Å²) in [6.07, 6.45) is 1.63. The average Bonchev–Trinajstić information content (AvgIpc) is 2.51. The monoisotopic (exact) mass is 399 g/mol. The Morgan fingerprint density at radius 3 is 2.55 bits per heavy atom. The molecule has 0 saturated carbocycles. The van der Waals surface area contributed by atoms with Gasteiger partial charge >= 0.3 is 0 Å². The lowest BCUT2D eigenvalue weighted by Gasteiger charge is -2.02. The molecule has 6 heteroatoms. The number of Topliss-reactive ketones (excluding diaryl/α,β-unsaturated/α-hetero) is 1. The largest absolute Gasteiger partial charge is 0.391 e. The van der Waals surface area contributed by atoms with Crippen LogP contribution in [-0.2, 0) is 11.4 Å². The molecular weight excluding hydrogens is 389 g/mol. The summed E-state index contributed by atoms with van der Waals surface area (Å²) in [6, 6.07) is 12.4. The standard InChI is InChI=1S/C16H12BrCl2NO2/c17-13-4-2-12(3-5-13)16(21)7-8-20-22-10-11-1-6-14(18)15(19)9-11/h1-6,8-9H,7,10H2. The highest BCUT2D eigenvalue weighted by atomic mass is 79.9. The van der Waals surface area contributed by atoms with Gasteiger partial charge in [0.05, 0.1) is 16.3 Å². The zero-order valence-corrected chi connectivity index (χ0v) is 14.5. The van der Waals surface area contributed by atoms with E-state index < -0.39 is 0 Å². The van der Waals surface area contributed by atoms with Gasteiger partial charge in [0.15, 0.2) is 5.78 Å². The Kier molecular flexibility index (Phi) is 6.43. The molecule has 2 aromatic rings. The number of nitrogens with zero attached hydrogens (tertiary/aromatic N) is 1. The van der Waals surface area contributed by atoms with Crippen molar-refractivity contribution in [3.63, 3.8) is 0 Å². The second kappa shape index (κ2) is 8.32. The van der Waals surface area contributed by atoms with Crippen LogP contribution >= 0.6 is 39.1 Å². The first-order chi connectivity index (χ1) is 10.6. The van der Waals surface area contributed by atoms with E-state index in [9.17, 15) is 4.79 Å². The summed E-state index contributed by atoms with van der Waals surface area (Å²) in [5.74, 6) is -0.0191. The van der Waals surface area contributed by atoms with Crippen molar-refractivity contribution in [2.45, 2.75) is 13.0 Å². The fraction of sp³-hybridized carbons (Fsp3) is 0.125. The van der Waals surface area contributed by atoms with Crippen LogP contribution < -0.4 is 0 Å². The van der Waals surface area contributed by atoms with Crippen molar-refractivity contribution in [2.24, 2.45) is 5.16 Å². The quantitative estimate of drug-likeness (QED) is 0.363. The molecule has 3 nitrogen and oxygen atoms in total. The first kappa shape index (κ1) is 17.0. The van der Waals surface area contributed by atoms with Crippen LogP contribution in [0.15, 0.2) is 52.1 Å². The highest BCUT2D eigenvalue weighted by Gasteiger charge is 2.03. The van der Waals surface area contributed by atoms with Gasteiger partial charge in [-0.3, -0.25) is 4.79 Å². The van der Waals surface area contributed by atoms with E-state index in [2.05, 4.69) is 21.1 Å².